The molecule has 3 atom stereocenters. The van der Waals surface area contributed by atoms with Crippen LogP contribution >= 0.6 is 0 Å². The predicted octanol–water partition coefficient (Wildman–Crippen LogP) is 1.29. The lowest BCUT2D eigenvalue weighted by Crippen LogP contribution is -2.53. The maximum Gasteiger partial charge on any atom is 0.255 e. The molecule has 1 aliphatic heterocycles. The van der Waals surface area contributed by atoms with Crippen molar-refractivity contribution in [3.05, 3.63) is 24.2 Å². The molecule has 132 valence electrons. The van der Waals surface area contributed by atoms with Crippen LogP contribution in [0.4, 0.5) is 0 Å². The van der Waals surface area contributed by atoms with Gasteiger partial charge in [-0.3, -0.25) is 14.4 Å². The molecule has 0 saturated carbocycles. The lowest BCUT2D eigenvalue weighted by Gasteiger charge is -2.22. The lowest BCUT2D eigenvalue weighted by molar-refractivity contribution is -0.127. The van der Waals surface area contributed by atoms with Crippen LogP contribution in [0.25, 0.3) is 0 Å². The van der Waals surface area contributed by atoms with E-state index in [-0.39, 0.29) is 30.3 Å². The molecule has 0 spiro atoms. The molecule has 0 bridgehead atoms. The Morgan fingerprint density at radius 2 is 2.08 bits per heavy atom. The van der Waals surface area contributed by atoms with E-state index in [2.05, 4.69) is 10.6 Å². The summed E-state index contributed by atoms with van der Waals surface area (Å²) in [6, 6.07) is 0.156. The zero-order chi connectivity index (χ0) is 17.7. The second-order valence-corrected chi connectivity index (χ2v) is 6.48. The fraction of sp³-hybridized carbons (Fsp3) is 0.588. The van der Waals surface area contributed by atoms with Gasteiger partial charge in [-0.05, 0) is 31.7 Å². The molecule has 1 saturated heterocycles. The van der Waals surface area contributed by atoms with Crippen LogP contribution in [0.5, 0.6) is 0 Å². The first kappa shape index (κ1) is 18.2. The zero-order valence-electron chi connectivity index (χ0n) is 14.2. The first-order valence-electron chi connectivity index (χ1n) is 8.16. The third-order valence-electron chi connectivity index (χ3n) is 4.04. The van der Waals surface area contributed by atoms with E-state index in [0.717, 1.165) is 6.42 Å². The van der Waals surface area contributed by atoms with Gasteiger partial charge in [-0.1, -0.05) is 13.8 Å². The van der Waals surface area contributed by atoms with Crippen LogP contribution < -0.4 is 10.6 Å². The maximum absolute atomic E-state index is 12.6. The van der Waals surface area contributed by atoms with Gasteiger partial charge in [0.1, 0.15) is 25.0 Å². The molecular weight excluding hydrogens is 312 g/mol. The Hall–Kier alpha value is -2.15. The minimum absolute atomic E-state index is 0.00412. The van der Waals surface area contributed by atoms with Crippen LogP contribution in [0.3, 0.4) is 0 Å². The van der Waals surface area contributed by atoms with Crippen molar-refractivity contribution < 1.29 is 23.5 Å². The van der Waals surface area contributed by atoms with Gasteiger partial charge in [0.25, 0.3) is 5.91 Å². The average molecular weight is 336 g/mol. The monoisotopic (exact) mass is 336 g/mol. The Morgan fingerprint density at radius 3 is 2.62 bits per heavy atom. The summed E-state index contributed by atoms with van der Waals surface area (Å²) in [6.45, 7) is 5.83. The van der Waals surface area contributed by atoms with Crippen molar-refractivity contribution in [1.29, 1.82) is 0 Å². The number of rotatable bonds is 7. The summed E-state index contributed by atoms with van der Waals surface area (Å²) in [4.78, 5) is 36.5. The molecule has 7 heteroatoms. The molecule has 1 aliphatic rings. The van der Waals surface area contributed by atoms with Crippen molar-refractivity contribution in [2.75, 3.05) is 6.61 Å². The minimum atomic E-state index is -0.713. The molecule has 0 aliphatic carbocycles. The molecule has 1 aromatic heterocycles. The van der Waals surface area contributed by atoms with E-state index >= 15 is 0 Å². The Balaban J connectivity index is 2.02. The number of nitrogens with one attached hydrogen (secondary N) is 2. The van der Waals surface area contributed by atoms with Gasteiger partial charge in [0.05, 0.1) is 17.9 Å². The van der Waals surface area contributed by atoms with Crippen LogP contribution in [0.15, 0.2) is 23.0 Å². The summed E-state index contributed by atoms with van der Waals surface area (Å²) in [5, 5.41) is 5.42. The van der Waals surface area contributed by atoms with Gasteiger partial charge in [0.2, 0.25) is 5.91 Å². The van der Waals surface area contributed by atoms with Crippen molar-refractivity contribution in [3.63, 3.8) is 0 Å². The van der Waals surface area contributed by atoms with Crippen molar-refractivity contribution >= 4 is 17.6 Å². The average Bonchev–Trinajstić information content (AvgIpc) is 3.16. The molecule has 0 aromatic carbocycles. The number of furan rings is 1. The summed E-state index contributed by atoms with van der Waals surface area (Å²) in [7, 11) is 0. The van der Waals surface area contributed by atoms with E-state index in [9.17, 15) is 14.4 Å². The van der Waals surface area contributed by atoms with E-state index in [4.69, 9.17) is 9.15 Å². The number of hydrogen-bond donors (Lipinski definition) is 2. The molecular formula is C17H24N2O5. The van der Waals surface area contributed by atoms with Gasteiger partial charge in [-0.25, -0.2) is 0 Å². The van der Waals surface area contributed by atoms with Gasteiger partial charge in [-0.15, -0.1) is 0 Å². The third kappa shape index (κ3) is 4.67. The fourth-order valence-corrected chi connectivity index (χ4v) is 2.52. The van der Waals surface area contributed by atoms with Crippen LogP contribution in [0.2, 0.25) is 0 Å². The highest BCUT2D eigenvalue weighted by Crippen LogP contribution is 2.12. The molecule has 2 N–H and O–H groups in total. The second kappa shape index (κ2) is 8.10. The topological polar surface area (TPSA) is 97.6 Å². The smallest absolute Gasteiger partial charge is 0.255 e. The van der Waals surface area contributed by atoms with Crippen LogP contribution in [-0.4, -0.2) is 42.4 Å². The second-order valence-electron chi connectivity index (χ2n) is 6.48. The van der Waals surface area contributed by atoms with Gasteiger partial charge >= 0.3 is 0 Å². The highest BCUT2D eigenvalue weighted by atomic mass is 16.5. The van der Waals surface area contributed by atoms with Crippen molar-refractivity contribution in [1.82, 2.24) is 10.6 Å². The van der Waals surface area contributed by atoms with Gasteiger partial charge < -0.3 is 19.8 Å². The number of ketones is 1. The summed E-state index contributed by atoms with van der Waals surface area (Å²) >= 11 is 0. The molecule has 2 rings (SSSR count). The van der Waals surface area contributed by atoms with E-state index in [1.807, 2.05) is 13.8 Å². The summed E-state index contributed by atoms with van der Waals surface area (Å²) in [5.41, 5.74) is 0.353. The number of ether oxygens (including phenoxy) is 1. The highest BCUT2D eigenvalue weighted by molar-refractivity contribution is 5.98. The molecule has 0 radical (unpaired) electrons. The van der Waals surface area contributed by atoms with Gasteiger partial charge in [-0.2, -0.15) is 0 Å². The Kier molecular flexibility index (Phi) is 6.14. The van der Waals surface area contributed by atoms with E-state index in [1.54, 1.807) is 6.92 Å². The van der Waals surface area contributed by atoms with Crippen LogP contribution in [0.1, 0.15) is 44.0 Å². The Morgan fingerprint density at radius 1 is 1.33 bits per heavy atom. The largest absolute Gasteiger partial charge is 0.472 e. The Bertz CT molecular complexity index is 582. The van der Waals surface area contributed by atoms with Gasteiger partial charge in [0, 0.05) is 0 Å². The van der Waals surface area contributed by atoms with Crippen molar-refractivity contribution in [3.8, 4) is 0 Å². The quantitative estimate of drug-likeness (QED) is 0.782. The third-order valence-corrected chi connectivity index (χ3v) is 4.04. The number of carbonyl (C=O) groups excluding carboxylic acids is 3. The molecule has 1 fully saturated rings. The van der Waals surface area contributed by atoms with Crippen LogP contribution in [-0.2, 0) is 14.3 Å². The van der Waals surface area contributed by atoms with Crippen molar-refractivity contribution in [2.24, 2.45) is 5.92 Å². The maximum atomic E-state index is 12.6. The first-order valence-corrected chi connectivity index (χ1v) is 8.16. The minimum Gasteiger partial charge on any atom is -0.472 e. The fourth-order valence-electron chi connectivity index (χ4n) is 2.52. The first-order chi connectivity index (χ1) is 11.4. The summed E-state index contributed by atoms with van der Waals surface area (Å²) in [6.07, 6.45) is 3.62. The number of Topliss-reactive ketones (excluding diaryl/α,β-unsaturated/α-hetero) is 1. The molecule has 2 amide bonds. The van der Waals surface area contributed by atoms with E-state index in [1.165, 1.54) is 18.6 Å². The molecule has 2 heterocycles. The number of hydrogen-bond acceptors (Lipinski definition) is 5. The predicted molar refractivity (Wildman–Crippen MR) is 86.4 cm³/mol. The molecule has 1 aromatic rings. The highest BCUT2D eigenvalue weighted by Gasteiger charge is 2.35. The standard InChI is InChI=1S/C17H24N2O5/c1-10(2)4-5-13(18-16(21)12-6-7-23-8-12)17(22)19-15-11(3)24-9-14(15)20/h6-8,10-11,13,15H,4-5,9H2,1-3H3,(H,18,21)(H,19,22)/t11-,13?,15-/m0/s1. The number of amides is 2. The normalized spacial score (nSPS) is 21.8. The molecule has 24 heavy (non-hydrogen) atoms. The summed E-state index contributed by atoms with van der Waals surface area (Å²) < 4.78 is 10.1. The lowest BCUT2D eigenvalue weighted by atomic mass is 10.0. The zero-order valence-corrected chi connectivity index (χ0v) is 14.2. The molecule has 1 unspecified atom stereocenters. The van der Waals surface area contributed by atoms with Gasteiger partial charge in [0.15, 0.2) is 5.78 Å². The number of carbonyl (C=O) groups is 3. The Labute approximate surface area is 141 Å². The summed E-state index contributed by atoms with van der Waals surface area (Å²) in [5.74, 6) is -0.515. The van der Waals surface area contributed by atoms with Crippen LogP contribution in [0, 0.1) is 5.92 Å². The van der Waals surface area contributed by atoms with Crippen molar-refractivity contribution in [2.45, 2.75) is 51.8 Å². The van der Waals surface area contributed by atoms with E-state index in [0.29, 0.717) is 17.9 Å². The van der Waals surface area contributed by atoms with E-state index < -0.39 is 12.1 Å². The molecule has 7 nitrogen and oxygen atoms in total. The SMILES string of the molecule is CC(C)CCC(NC(=O)c1ccoc1)C(=O)N[C@@H]1C(=O)CO[C@H]1C.